The molecule has 0 unspecified atom stereocenters. The second-order valence-corrected chi connectivity index (χ2v) is 5.63. The predicted molar refractivity (Wildman–Crippen MR) is 99.4 cm³/mol. The Morgan fingerprint density at radius 1 is 1.15 bits per heavy atom. The van der Waals surface area contributed by atoms with Crippen LogP contribution in [0.4, 0.5) is 17.5 Å². The number of methoxy groups -OCH3 is 1. The number of rotatable bonds is 6. The van der Waals surface area contributed by atoms with E-state index in [1.807, 2.05) is 25.1 Å². The molecule has 0 aliphatic rings. The van der Waals surface area contributed by atoms with Crippen molar-refractivity contribution in [1.29, 1.82) is 0 Å². The number of nitrogens with one attached hydrogen (secondary N) is 2. The fraction of sp³-hybridized carbons (Fsp3) is 0.158. The Bertz CT molecular complexity index is 882. The number of anilines is 3. The predicted octanol–water partition coefficient (Wildman–Crippen LogP) is 3.32. The van der Waals surface area contributed by atoms with Gasteiger partial charge in [-0.2, -0.15) is 4.98 Å². The fourth-order valence-electron chi connectivity index (χ4n) is 2.35. The van der Waals surface area contributed by atoms with Gasteiger partial charge in [-0.3, -0.25) is 4.98 Å². The maximum absolute atomic E-state index is 11.5. The van der Waals surface area contributed by atoms with Gasteiger partial charge < -0.3 is 15.4 Å². The van der Waals surface area contributed by atoms with Crippen molar-refractivity contribution < 1.29 is 9.53 Å². The van der Waals surface area contributed by atoms with E-state index >= 15 is 0 Å². The summed E-state index contributed by atoms with van der Waals surface area (Å²) < 4.78 is 4.70. The first-order chi connectivity index (χ1) is 12.6. The first-order valence-corrected chi connectivity index (χ1v) is 8.08. The molecule has 0 bridgehead atoms. The van der Waals surface area contributed by atoms with Gasteiger partial charge in [-0.15, -0.1) is 0 Å². The minimum Gasteiger partial charge on any atom is -0.465 e. The number of ether oxygens (including phenoxy) is 1. The highest BCUT2D eigenvalue weighted by Gasteiger charge is 2.06. The minimum atomic E-state index is -0.365. The molecule has 3 rings (SSSR count). The number of benzene rings is 1. The zero-order valence-electron chi connectivity index (χ0n) is 14.6. The van der Waals surface area contributed by atoms with E-state index in [1.165, 1.54) is 7.11 Å². The zero-order chi connectivity index (χ0) is 18.4. The van der Waals surface area contributed by atoms with Crippen LogP contribution in [0.3, 0.4) is 0 Å². The van der Waals surface area contributed by atoms with E-state index in [0.717, 1.165) is 16.9 Å². The molecule has 2 aromatic heterocycles. The van der Waals surface area contributed by atoms with Gasteiger partial charge in [0.05, 0.1) is 12.7 Å². The molecule has 0 aliphatic carbocycles. The summed E-state index contributed by atoms with van der Waals surface area (Å²) in [6, 6.07) is 12.7. The molecule has 0 amide bonds. The summed E-state index contributed by atoms with van der Waals surface area (Å²) >= 11 is 0. The van der Waals surface area contributed by atoms with Gasteiger partial charge >= 0.3 is 5.97 Å². The van der Waals surface area contributed by atoms with Crippen LogP contribution >= 0.6 is 0 Å². The quantitative estimate of drug-likeness (QED) is 0.660. The average molecular weight is 349 g/mol. The number of esters is 1. The lowest BCUT2D eigenvalue weighted by atomic mass is 10.2. The molecule has 0 atom stereocenters. The lowest BCUT2D eigenvalue weighted by Gasteiger charge is -2.10. The highest BCUT2D eigenvalue weighted by atomic mass is 16.5. The van der Waals surface area contributed by atoms with E-state index in [9.17, 15) is 4.79 Å². The SMILES string of the molecule is COC(=O)c1ccc(Nc2cc(C)nc(NCc3cccnc3)n2)cc1. The lowest BCUT2D eigenvalue weighted by molar-refractivity contribution is 0.0601. The summed E-state index contributed by atoms with van der Waals surface area (Å²) in [7, 11) is 1.36. The summed E-state index contributed by atoms with van der Waals surface area (Å²) in [5.41, 5.74) is 3.19. The smallest absolute Gasteiger partial charge is 0.337 e. The number of carbonyl (C=O) groups excluding carboxylic acids is 1. The van der Waals surface area contributed by atoms with Crippen molar-refractivity contribution in [2.75, 3.05) is 17.7 Å². The van der Waals surface area contributed by atoms with Crippen LogP contribution in [0.5, 0.6) is 0 Å². The van der Waals surface area contributed by atoms with Crippen LogP contribution in [-0.2, 0) is 11.3 Å². The fourth-order valence-corrected chi connectivity index (χ4v) is 2.35. The molecule has 132 valence electrons. The average Bonchev–Trinajstić information content (AvgIpc) is 2.67. The number of aromatic nitrogens is 3. The van der Waals surface area contributed by atoms with E-state index in [4.69, 9.17) is 4.74 Å². The maximum atomic E-state index is 11.5. The molecule has 0 fully saturated rings. The first kappa shape index (κ1) is 17.3. The molecule has 0 aliphatic heterocycles. The van der Waals surface area contributed by atoms with Crippen molar-refractivity contribution in [1.82, 2.24) is 15.0 Å². The normalized spacial score (nSPS) is 10.2. The summed E-state index contributed by atoms with van der Waals surface area (Å²) in [5, 5.41) is 6.41. The third-order valence-electron chi connectivity index (χ3n) is 3.61. The Hall–Kier alpha value is -3.48. The van der Waals surface area contributed by atoms with Crippen molar-refractivity contribution >= 4 is 23.4 Å². The molecule has 0 spiro atoms. The second-order valence-electron chi connectivity index (χ2n) is 5.63. The Labute approximate surface area is 151 Å². The van der Waals surface area contributed by atoms with Crippen molar-refractivity contribution in [3.05, 3.63) is 71.7 Å². The highest BCUT2D eigenvalue weighted by Crippen LogP contribution is 2.18. The summed E-state index contributed by atoms with van der Waals surface area (Å²) in [5.74, 6) is 0.829. The number of pyridine rings is 1. The van der Waals surface area contributed by atoms with E-state index in [1.54, 1.807) is 36.7 Å². The molecule has 0 saturated heterocycles. The van der Waals surface area contributed by atoms with Crippen LogP contribution in [0.25, 0.3) is 0 Å². The lowest BCUT2D eigenvalue weighted by Crippen LogP contribution is -2.06. The molecule has 7 nitrogen and oxygen atoms in total. The Morgan fingerprint density at radius 2 is 1.96 bits per heavy atom. The largest absolute Gasteiger partial charge is 0.465 e. The first-order valence-electron chi connectivity index (χ1n) is 8.08. The van der Waals surface area contributed by atoms with Gasteiger partial charge in [-0.1, -0.05) is 6.07 Å². The molecule has 2 heterocycles. The van der Waals surface area contributed by atoms with E-state index < -0.39 is 0 Å². The van der Waals surface area contributed by atoms with Gasteiger partial charge in [0.25, 0.3) is 0 Å². The minimum absolute atomic E-state index is 0.365. The van der Waals surface area contributed by atoms with Gasteiger partial charge in [0, 0.05) is 36.4 Å². The number of carbonyl (C=O) groups is 1. The van der Waals surface area contributed by atoms with Crippen LogP contribution in [0.1, 0.15) is 21.6 Å². The van der Waals surface area contributed by atoms with Gasteiger partial charge in [0.1, 0.15) is 5.82 Å². The third kappa shape index (κ3) is 4.54. The second kappa shape index (κ2) is 8.06. The molecule has 0 radical (unpaired) electrons. The zero-order valence-corrected chi connectivity index (χ0v) is 14.6. The number of hydrogen-bond donors (Lipinski definition) is 2. The molecule has 2 N–H and O–H groups in total. The molecular weight excluding hydrogens is 330 g/mol. The number of nitrogens with zero attached hydrogens (tertiary/aromatic N) is 3. The molecule has 0 saturated carbocycles. The highest BCUT2D eigenvalue weighted by molar-refractivity contribution is 5.89. The van der Waals surface area contributed by atoms with Gasteiger partial charge in [0.15, 0.2) is 0 Å². The topological polar surface area (TPSA) is 89.0 Å². The third-order valence-corrected chi connectivity index (χ3v) is 3.61. The Kier molecular flexibility index (Phi) is 5.38. The molecule has 26 heavy (non-hydrogen) atoms. The Morgan fingerprint density at radius 3 is 2.65 bits per heavy atom. The summed E-state index contributed by atoms with van der Waals surface area (Å²) in [6.07, 6.45) is 3.53. The van der Waals surface area contributed by atoms with Crippen molar-refractivity contribution in [3.63, 3.8) is 0 Å². The van der Waals surface area contributed by atoms with Gasteiger partial charge in [-0.05, 0) is 42.8 Å². The maximum Gasteiger partial charge on any atom is 0.337 e. The number of hydrogen-bond acceptors (Lipinski definition) is 7. The standard InChI is InChI=1S/C19H19N5O2/c1-13-10-17(23-16-7-5-15(6-8-16)18(25)26-2)24-19(22-13)21-12-14-4-3-9-20-11-14/h3-11H,12H2,1-2H3,(H2,21,22,23,24). The van der Waals surface area contributed by atoms with Crippen LogP contribution in [0.15, 0.2) is 54.9 Å². The van der Waals surface area contributed by atoms with E-state index in [-0.39, 0.29) is 5.97 Å². The van der Waals surface area contributed by atoms with Crippen molar-refractivity contribution in [2.45, 2.75) is 13.5 Å². The van der Waals surface area contributed by atoms with Crippen LogP contribution in [-0.4, -0.2) is 28.0 Å². The Balaban J connectivity index is 1.70. The van der Waals surface area contributed by atoms with Gasteiger partial charge in [-0.25, -0.2) is 9.78 Å². The van der Waals surface area contributed by atoms with Crippen LogP contribution in [0.2, 0.25) is 0 Å². The van der Waals surface area contributed by atoms with Crippen LogP contribution in [0, 0.1) is 6.92 Å². The molecule has 1 aromatic carbocycles. The van der Waals surface area contributed by atoms with Gasteiger partial charge in [0.2, 0.25) is 5.95 Å². The summed E-state index contributed by atoms with van der Waals surface area (Å²) in [6.45, 7) is 2.49. The van der Waals surface area contributed by atoms with E-state index in [0.29, 0.717) is 23.9 Å². The molecule has 3 aromatic rings. The van der Waals surface area contributed by atoms with Crippen LogP contribution < -0.4 is 10.6 Å². The summed E-state index contributed by atoms with van der Waals surface area (Å²) in [4.78, 5) is 24.4. The molecular formula is C19H19N5O2. The molecule has 7 heteroatoms. The monoisotopic (exact) mass is 349 g/mol. The van der Waals surface area contributed by atoms with Crippen molar-refractivity contribution in [2.24, 2.45) is 0 Å². The van der Waals surface area contributed by atoms with E-state index in [2.05, 4.69) is 25.6 Å². The number of aryl methyl sites for hydroxylation is 1. The van der Waals surface area contributed by atoms with Crippen molar-refractivity contribution in [3.8, 4) is 0 Å².